The fraction of sp³-hybridized carbons (Fsp3) is 0.176. The highest BCUT2D eigenvalue weighted by Crippen LogP contribution is 2.42. The third kappa shape index (κ3) is 3.29. The topological polar surface area (TPSA) is 76.4 Å². The number of fused-ring (bicyclic) bond motifs is 1. The van der Waals surface area contributed by atoms with Gasteiger partial charge in [-0.3, -0.25) is 4.98 Å². The minimum Gasteiger partial charge on any atom is -0.493 e. The van der Waals surface area contributed by atoms with E-state index in [9.17, 15) is 5.26 Å². The van der Waals surface area contributed by atoms with Gasteiger partial charge in [0.05, 0.1) is 45.7 Å². The van der Waals surface area contributed by atoms with E-state index in [2.05, 4.69) is 39.0 Å². The first-order chi connectivity index (χ1) is 12.1. The Labute approximate surface area is 162 Å². The maximum Gasteiger partial charge on any atom is 0.203 e. The molecule has 6 nitrogen and oxygen atoms in total. The number of nitrogens with one attached hydrogen (secondary N) is 1. The molecule has 2 heterocycles. The number of ether oxygens (including phenoxy) is 3. The van der Waals surface area contributed by atoms with Crippen molar-refractivity contribution in [3.8, 4) is 23.3 Å². The number of benzene rings is 1. The number of thiophene rings is 1. The third-order valence-corrected chi connectivity index (χ3v) is 5.47. The maximum atomic E-state index is 9.45. The lowest BCUT2D eigenvalue weighted by Gasteiger charge is -2.15. The van der Waals surface area contributed by atoms with Crippen LogP contribution in [0.2, 0.25) is 0 Å². The number of hydrogen-bond acceptors (Lipinski definition) is 7. The smallest absolute Gasteiger partial charge is 0.203 e. The Morgan fingerprint density at radius 3 is 2.36 bits per heavy atom. The Morgan fingerprint density at radius 1 is 1.12 bits per heavy atom. The lowest BCUT2D eigenvalue weighted by Crippen LogP contribution is -1.99. The van der Waals surface area contributed by atoms with Crippen LogP contribution < -0.4 is 19.5 Å². The summed E-state index contributed by atoms with van der Waals surface area (Å²) in [4.78, 5) is 4.34. The van der Waals surface area contributed by atoms with Crippen molar-refractivity contribution in [3.63, 3.8) is 0 Å². The number of halogens is 1. The highest BCUT2D eigenvalue weighted by atomic mass is 127. The van der Waals surface area contributed by atoms with Gasteiger partial charge < -0.3 is 19.5 Å². The summed E-state index contributed by atoms with van der Waals surface area (Å²) in [5.74, 6) is 1.59. The summed E-state index contributed by atoms with van der Waals surface area (Å²) in [7, 11) is 4.68. The first-order valence-electron chi connectivity index (χ1n) is 7.16. The fourth-order valence-corrected chi connectivity index (χ4v) is 4.26. The molecule has 3 rings (SSSR count). The van der Waals surface area contributed by atoms with Crippen molar-refractivity contribution < 1.29 is 14.2 Å². The van der Waals surface area contributed by atoms with Crippen LogP contribution in [0.3, 0.4) is 0 Å². The Hall–Kier alpha value is -2.25. The first-order valence-corrected chi connectivity index (χ1v) is 9.06. The Kier molecular flexibility index (Phi) is 5.15. The van der Waals surface area contributed by atoms with Crippen LogP contribution in [-0.4, -0.2) is 26.3 Å². The number of nitrogens with zero attached hydrogens (tertiary/aromatic N) is 2. The molecule has 128 valence electrons. The lowest BCUT2D eigenvalue weighted by atomic mass is 10.2. The van der Waals surface area contributed by atoms with Gasteiger partial charge in [-0.2, -0.15) is 5.26 Å². The molecule has 0 aliphatic rings. The van der Waals surface area contributed by atoms with E-state index in [1.807, 2.05) is 6.07 Å². The average molecular weight is 467 g/mol. The fourth-order valence-electron chi connectivity index (χ4n) is 2.45. The van der Waals surface area contributed by atoms with Crippen LogP contribution in [0.1, 0.15) is 5.56 Å². The molecule has 2 aromatic heterocycles. The Morgan fingerprint density at radius 2 is 1.80 bits per heavy atom. The van der Waals surface area contributed by atoms with Crippen LogP contribution in [0, 0.1) is 14.2 Å². The predicted molar refractivity (Wildman–Crippen MR) is 106 cm³/mol. The maximum absolute atomic E-state index is 9.45. The van der Waals surface area contributed by atoms with E-state index in [-0.39, 0.29) is 0 Å². The molecule has 3 aromatic rings. The van der Waals surface area contributed by atoms with Gasteiger partial charge in [0.1, 0.15) is 6.07 Å². The molecule has 0 unspecified atom stereocenters. The van der Waals surface area contributed by atoms with E-state index in [1.165, 1.54) is 0 Å². The zero-order valence-corrected chi connectivity index (χ0v) is 16.7. The molecule has 0 spiro atoms. The number of nitriles is 1. The second-order valence-corrected chi connectivity index (χ2v) is 7.91. The quantitative estimate of drug-likeness (QED) is 0.556. The monoisotopic (exact) mass is 467 g/mol. The molecule has 0 atom stereocenters. The standard InChI is InChI=1S/C17H14IN3O3S/c1-22-12-4-10(5-13(23-2)16(12)24-3)21-15-9(7-19)8-20-11-6-14(18)25-17(11)15/h4-6,8H,1-3H3,(H,20,21). The summed E-state index contributed by atoms with van der Waals surface area (Å²) in [6.45, 7) is 0. The zero-order chi connectivity index (χ0) is 18.0. The van der Waals surface area contributed by atoms with Gasteiger partial charge in [-0.15, -0.1) is 11.3 Å². The molecule has 0 aliphatic heterocycles. The summed E-state index contributed by atoms with van der Waals surface area (Å²) < 4.78 is 18.1. The highest BCUT2D eigenvalue weighted by Gasteiger charge is 2.16. The normalized spacial score (nSPS) is 10.4. The van der Waals surface area contributed by atoms with Crippen LogP contribution in [0.5, 0.6) is 17.2 Å². The van der Waals surface area contributed by atoms with E-state index < -0.39 is 0 Å². The molecule has 25 heavy (non-hydrogen) atoms. The van der Waals surface area contributed by atoms with Crippen molar-refractivity contribution in [2.75, 3.05) is 26.6 Å². The van der Waals surface area contributed by atoms with Gasteiger partial charge in [0.2, 0.25) is 5.75 Å². The zero-order valence-electron chi connectivity index (χ0n) is 13.7. The average Bonchev–Trinajstić information content (AvgIpc) is 3.01. The third-order valence-electron chi connectivity index (χ3n) is 3.57. The van der Waals surface area contributed by atoms with Crippen LogP contribution >= 0.6 is 33.9 Å². The molecule has 1 aromatic carbocycles. The molecule has 8 heteroatoms. The minimum absolute atomic E-state index is 0.472. The number of methoxy groups -OCH3 is 3. The van der Waals surface area contributed by atoms with Gasteiger partial charge in [-0.1, -0.05) is 0 Å². The Bertz CT molecular complexity index is 956. The number of aromatic nitrogens is 1. The van der Waals surface area contributed by atoms with Gasteiger partial charge in [-0.25, -0.2) is 0 Å². The van der Waals surface area contributed by atoms with E-state index in [0.29, 0.717) is 22.8 Å². The molecular formula is C17H14IN3O3S. The highest BCUT2D eigenvalue weighted by molar-refractivity contribution is 14.1. The molecule has 1 N–H and O–H groups in total. The number of anilines is 2. The summed E-state index contributed by atoms with van der Waals surface area (Å²) in [6, 6.07) is 7.78. The van der Waals surface area contributed by atoms with Crippen LogP contribution in [0.4, 0.5) is 11.4 Å². The molecule has 0 radical (unpaired) electrons. The van der Waals surface area contributed by atoms with Crippen molar-refractivity contribution in [1.82, 2.24) is 4.98 Å². The van der Waals surface area contributed by atoms with E-state index in [0.717, 1.165) is 24.5 Å². The molecule has 0 bridgehead atoms. The molecular weight excluding hydrogens is 453 g/mol. The van der Waals surface area contributed by atoms with E-state index in [1.54, 1.807) is 51.0 Å². The number of pyridine rings is 1. The summed E-state index contributed by atoms with van der Waals surface area (Å²) in [5.41, 5.74) is 2.76. The summed E-state index contributed by atoms with van der Waals surface area (Å²) in [5, 5.41) is 12.8. The number of hydrogen-bond donors (Lipinski definition) is 1. The Balaban J connectivity index is 2.14. The predicted octanol–water partition coefficient (Wildman–Crippen LogP) is 4.54. The van der Waals surface area contributed by atoms with Gasteiger partial charge in [-0.05, 0) is 28.7 Å². The minimum atomic E-state index is 0.472. The van der Waals surface area contributed by atoms with Crippen molar-refractivity contribution in [2.45, 2.75) is 0 Å². The molecule has 0 amide bonds. The lowest BCUT2D eigenvalue weighted by molar-refractivity contribution is 0.324. The van der Waals surface area contributed by atoms with Crippen molar-refractivity contribution in [2.24, 2.45) is 0 Å². The van der Waals surface area contributed by atoms with Crippen LogP contribution in [0.25, 0.3) is 10.2 Å². The largest absolute Gasteiger partial charge is 0.493 e. The second kappa shape index (κ2) is 7.33. The van der Waals surface area contributed by atoms with Crippen LogP contribution in [0.15, 0.2) is 24.4 Å². The van der Waals surface area contributed by atoms with E-state index >= 15 is 0 Å². The molecule has 0 aliphatic carbocycles. The van der Waals surface area contributed by atoms with Crippen LogP contribution in [-0.2, 0) is 0 Å². The van der Waals surface area contributed by atoms with E-state index in [4.69, 9.17) is 14.2 Å². The van der Waals surface area contributed by atoms with Crippen molar-refractivity contribution in [1.29, 1.82) is 5.26 Å². The molecule has 0 fully saturated rings. The summed E-state index contributed by atoms with van der Waals surface area (Å²) in [6.07, 6.45) is 1.57. The van der Waals surface area contributed by atoms with Crippen molar-refractivity contribution in [3.05, 3.63) is 32.8 Å². The number of rotatable bonds is 5. The molecule has 0 saturated carbocycles. The summed E-state index contributed by atoms with van der Waals surface area (Å²) >= 11 is 3.83. The SMILES string of the molecule is COc1cc(Nc2c(C#N)cnc3cc(I)sc23)cc(OC)c1OC. The van der Waals surface area contributed by atoms with Gasteiger partial charge in [0, 0.05) is 24.0 Å². The van der Waals surface area contributed by atoms with Gasteiger partial charge >= 0.3 is 0 Å². The van der Waals surface area contributed by atoms with Gasteiger partial charge in [0.15, 0.2) is 11.5 Å². The second-order valence-electron chi connectivity index (χ2n) is 4.96. The first kappa shape index (κ1) is 17.6. The molecule has 0 saturated heterocycles. The van der Waals surface area contributed by atoms with Crippen molar-refractivity contribution >= 4 is 55.5 Å². The van der Waals surface area contributed by atoms with Gasteiger partial charge in [0.25, 0.3) is 0 Å².